The van der Waals surface area contributed by atoms with Crippen molar-refractivity contribution in [2.75, 3.05) is 46.9 Å². The Morgan fingerprint density at radius 3 is 2.43 bits per heavy atom. The van der Waals surface area contributed by atoms with E-state index in [1.54, 1.807) is 6.07 Å². The zero-order valence-corrected chi connectivity index (χ0v) is 28.6. The summed E-state index contributed by atoms with van der Waals surface area (Å²) in [6.45, 7) is 6.72. The summed E-state index contributed by atoms with van der Waals surface area (Å²) in [7, 11) is 3.98. The van der Waals surface area contributed by atoms with Gasteiger partial charge in [-0.25, -0.2) is 9.78 Å². The van der Waals surface area contributed by atoms with Gasteiger partial charge in [0.15, 0.2) is 11.5 Å². The first-order valence-corrected chi connectivity index (χ1v) is 16.6. The second-order valence-corrected chi connectivity index (χ2v) is 13.2. The number of benzene rings is 3. The third-order valence-electron chi connectivity index (χ3n) is 8.06. The Morgan fingerprint density at radius 2 is 1.65 bits per heavy atom. The number of nitrogens with zero attached hydrogens (tertiary/aromatic N) is 2. The summed E-state index contributed by atoms with van der Waals surface area (Å²) in [5.74, 6) is 0.587. The monoisotopic (exact) mass is 667 g/mol. The fraction of sp³-hybridized carbons (Fsp3) is 0.368. The smallest absolute Gasteiger partial charge is 0.407 e. The largest absolute Gasteiger partial charge is 0.486 e. The fourth-order valence-corrected chi connectivity index (χ4v) is 5.85. The quantitative estimate of drug-likeness (QED) is 0.157. The van der Waals surface area contributed by atoms with Crippen LogP contribution in [0.25, 0.3) is 22.2 Å². The molecule has 0 saturated carbocycles. The van der Waals surface area contributed by atoms with E-state index in [0.29, 0.717) is 66.3 Å². The molecular weight excluding hydrogens is 622 g/mol. The van der Waals surface area contributed by atoms with Crippen molar-refractivity contribution < 1.29 is 28.6 Å². The predicted octanol–water partition coefficient (Wildman–Crippen LogP) is 5.18. The molecule has 1 aliphatic rings. The molecule has 5 rings (SSSR count). The van der Waals surface area contributed by atoms with Crippen LogP contribution in [0.4, 0.5) is 4.79 Å². The van der Waals surface area contributed by atoms with Crippen molar-refractivity contribution >= 4 is 28.8 Å². The van der Waals surface area contributed by atoms with Crippen molar-refractivity contribution in [2.24, 2.45) is 5.41 Å². The SMILES string of the molecule is CN(C)CC(C)(C)CNC(=O)C(CCCNC(=O)OCc1ccccc1)NC(=O)c1cc(-c2ccc3c(c2)OCCO3)nc2ccccc12. The molecule has 1 aromatic heterocycles. The van der Waals surface area contributed by atoms with E-state index in [4.69, 9.17) is 19.2 Å². The van der Waals surface area contributed by atoms with Crippen molar-refractivity contribution in [3.63, 3.8) is 0 Å². The first-order valence-electron chi connectivity index (χ1n) is 16.6. The van der Waals surface area contributed by atoms with Crippen LogP contribution in [0, 0.1) is 5.41 Å². The average Bonchev–Trinajstić information content (AvgIpc) is 3.10. The summed E-state index contributed by atoms with van der Waals surface area (Å²) in [4.78, 5) is 46.9. The van der Waals surface area contributed by atoms with Crippen LogP contribution < -0.4 is 25.4 Å². The summed E-state index contributed by atoms with van der Waals surface area (Å²) in [6.07, 6.45) is 0.177. The average molecular weight is 668 g/mol. The molecule has 0 fully saturated rings. The zero-order valence-electron chi connectivity index (χ0n) is 28.6. The minimum Gasteiger partial charge on any atom is -0.486 e. The number of aromatic nitrogens is 1. The molecule has 11 heteroatoms. The number of rotatable bonds is 14. The van der Waals surface area contributed by atoms with E-state index in [2.05, 4.69) is 34.7 Å². The summed E-state index contributed by atoms with van der Waals surface area (Å²) in [6, 6.07) is 23.3. The molecule has 0 aliphatic carbocycles. The minimum absolute atomic E-state index is 0.157. The number of carbonyl (C=O) groups is 3. The van der Waals surface area contributed by atoms with E-state index in [0.717, 1.165) is 17.7 Å². The molecule has 0 spiro atoms. The van der Waals surface area contributed by atoms with E-state index in [1.807, 2.05) is 86.9 Å². The van der Waals surface area contributed by atoms with Gasteiger partial charge in [0.05, 0.1) is 16.8 Å². The van der Waals surface area contributed by atoms with Gasteiger partial charge in [-0.15, -0.1) is 0 Å². The number of para-hydroxylation sites is 1. The predicted molar refractivity (Wildman–Crippen MR) is 189 cm³/mol. The molecule has 0 radical (unpaired) electrons. The topological polar surface area (TPSA) is 131 Å². The summed E-state index contributed by atoms with van der Waals surface area (Å²) in [5, 5.41) is 9.44. The highest BCUT2D eigenvalue weighted by Gasteiger charge is 2.26. The molecular formula is C38H45N5O6. The number of alkyl carbamates (subject to hydrolysis) is 1. The molecule has 1 unspecified atom stereocenters. The molecule has 2 heterocycles. The van der Waals surface area contributed by atoms with Gasteiger partial charge in [0, 0.05) is 30.6 Å². The Morgan fingerprint density at radius 1 is 0.918 bits per heavy atom. The van der Waals surface area contributed by atoms with Gasteiger partial charge < -0.3 is 35.1 Å². The van der Waals surface area contributed by atoms with Crippen LogP contribution in [-0.2, 0) is 16.1 Å². The number of carbonyl (C=O) groups excluding carboxylic acids is 3. The van der Waals surface area contributed by atoms with Gasteiger partial charge in [-0.1, -0.05) is 62.4 Å². The highest BCUT2D eigenvalue weighted by molar-refractivity contribution is 6.08. The first kappa shape index (κ1) is 35.2. The third kappa shape index (κ3) is 9.93. The summed E-state index contributed by atoms with van der Waals surface area (Å²) >= 11 is 0. The third-order valence-corrected chi connectivity index (χ3v) is 8.06. The van der Waals surface area contributed by atoms with Gasteiger partial charge in [-0.05, 0) is 68.2 Å². The maximum absolute atomic E-state index is 14.0. The molecule has 49 heavy (non-hydrogen) atoms. The Hall–Kier alpha value is -5.16. The normalized spacial score (nSPS) is 13.1. The first-order chi connectivity index (χ1) is 23.6. The number of fused-ring (bicyclic) bond motifs is 2. The van der Waals surface area contributed by atoms with E-state index in [1.165, 1.54) is 0 Å². The highest BCUT2D eigenvalue weighted by atomic mass is 16.6. The van der Waals surface area contributed by atoms with Crippen molar-refractivity contribution in [2.45, 2.75) is 39.3 Å². The molecule has 0 bridgehead atoms. The second kappa shape index (κ2) is 16.3. The van der Waals surface area contributed by atoms with E-state index < -0.39 is 18.0 Å². The van der Waals surface area contributed by atoms with E-state index in [9.17, 15) is 14.4 Å². The zero-order chi connectivity index (χ0) is 34.8. The molecule has 1 aliphatic heterocycles. The maximum Gasteiger partial charge on any atom is 0.407 e. The van der Waals surface area contributed by atoms with Crippen molar-refractivity contribution in [3.8, 4) is 22.8 Å². The van der Waals surface area contributed by atoms with Crippen LogP contribution in [0.2, 0.25) is 0 Å². The van der Waals surface area contributed by atoms with Gasteiger partial charge in [0.1, 0.15) is 25.9 Å². The summed E-state index contributed by atoms with van der Waals surface area (Å²) in [5.41, 5.74) is 3.08. The Bertz CT molecular complexity index is 1760. The Balaban J connectivity index is 1.31. The number of ether oxygens (including phenoxy) is 3. The lowest BCUT2D eigenvalue weighted by Crippen LogP contribution is -2.50. The Labute approximate surface area is 287 Å². The van der Waals surface area contributed by atoms with Gasteiger partial charge in [0.2, 0.25) is 5.91 Å². The van der Waals surface area contributed by atoms with Crippen LogP contribution in [0.15, 0.2) is 78.9 Å². The molecule has 11 nitrogen and oxygen atoms in total. The van der Waals surface area contributed by atoms with Gasteiger partial charge >= 0.3 is 6.09 Å². The number of pyridine rings is 1. The summed E-state index contributed by atoms with van der Waals surface area (Å²) < 4.78 is 16.8. The number of hydrogen-bond acceptors (Lipinski definition) is 8. The highest BCUT2D eigenvalue weighted by Crippen LogP contribution is 2.35. The standard InChI is InChI=1S/C38H45N5O6/c1-38(2,25-43(3)4)24-40-36(45)31(15-10-18-39-37(46)49-23-26-11-6-5-7-12-26)42-35(44)29-22-32(41-30-14-9-8-13-28(29)30)27-16-17-33-34(21-27)48-20-19-47-33/h5-9,11-14,16-17,21-22,31H,10,15,18-20,23-25H2,1-4H3,(H,39,46)(H,40,45)(H,42,44). The molecule has 3 N–H and O–H groups in total. The van der Waals surface area contributed by atoms with Gasteiger partial charge in [0.25, 0.3) is 5.91 Å². The minimum atomic E-state index is -0.852. The number of hydrogen-bond donors (Lipinski definition) is 3. The van der Waals surface area contributed by atoms with Crippen LogP contribution in [0.5, 0.6) is 11.5 Å². The molecule has 0 saturated heterocycles. The maximum atomic E-state index is 14.0. The molecule has 258 valence electrons. The van der Waals surface area contributed by atoms with Gasteiger partial charge in [-0.3, -0.25) is 9.59 Å². The van der Waals surface area contributed by atoms with Gasteiger partial charge in [-0.2, -0.15) is 0 Å². The lowest BCUT2D eigenvalue weighted by molar-refractivity contribution is -0.123. The van der Waals surface area contributed by atoms with E-state index in [-0.39, 0.29) is 24.5 Å². The molecule has 3 aromatic carbocycles. The lowest BCUT2D eigenvalue weighted by atomic mass is 9.92. The van der Waals surface area contributed by atoms with Crippen molar-refractivity contribution in [1.82, 2.24) is 25.8 Å². The van der Waals surface area contributed by atoms with Crippen molar-refractivity contribution in [1.29, 1.82) is 0 Å². The number of amides is 3. The number of nitrogens with one attached hydrogen (secondary N) is 3. The fourth-order valence-electron chi connectivity index (χ4n) is 5.85. The lowest BCUT2D eigenvalue weighted by Gasteiger charge is -2.29. The molecule has 3 amide bonds. The second-order valence-electron chi connectivity index (χ2n) is 13.2. The molecule has 1 atom stereocenters. The molecule has 4 aromatic rings. The van der Waals surface area contributed by atoms with Crippen molar-refractivity contribution in [3.05, 3.63) is 90.0 Å². The van der Waals surface area contributed by atoms with Crippen LogP contribution in [0.1, 0.15) is 42.6 Å². The van der Waals surface area contributed by atoms with Crippen LogP contribution in [-0.4, -0.2) is 80.8 Å². The van der Waals surface area contributed by atoms with Crippen LogP contribution >= 0.6 is 0 Å². The van der Waals surface area contributed by atoms with E-state index >= 15 is 0 Å². The van der Waals surface area contributed by atoms with Crippen LogP contribution in [0.3, 0.4) is 0 Å². The Kier molecular flexibility index (Phi) is 11.7.